The Morgan fingerprint density at radius 2 is 2.00 bits per heavy atom. The molecule has 148 valence electrons. The SMILES string of the molecule is CCCCCCCCC(O)COCC1COC(C)(CCC(=O)OC)O1. The number of hydrogen-bond donors (Lipinski definition) is 1. The number of aliphatic hydroxyl groups is 1. The molecule has 1 fully saturated rings. The second kappa shape index (κ2) is 12.6. The van der Waals surface area contributed by atoms with Crippen molar-refractivity contribution in [3.8, 4) is 0 Å². The fraction of sp³-hybridized carbons (Fsp3) is 0.947. The van der Waals surface area contributed by atoms with E-state index in [1.807, 2.05) is 6.92 Å². The van der Waals surface area contributed by atoms with Crippen molar-refractivity contribution in [1.29, 1.82) is 0 Å². The highest BCUT2D eigenvalue weighted by molar-refractivity contribution is 5.69. The lowest BCUT2D eigenvalue weighted by atomic mass is 10.1. The predicted octanol–water partition coefficient (Wildman–Crippen LogP) is 3.20. The van der Waals surface area contributed by atoms with Gasteiger partial charge in [0.1, 0.15) is 6.10 Å². The second-order valence-electron chi connectivity index (χ2n) is 7.01. The summed E-state index contributed by atoms with van der Waals surface area (Å²) in [6, 6.07) is 0. The summed E-state index contributed by atoms with van der Waals surface area (Å²) in [4.78, 5) is 11.2. The zero-order valence-corrected chi connectivity index (χ0v) is 16.1. The summed E-state index contributed by atoms with van der Waals surface area (Å²) < 4.78 is 21.7. The Hall–Kier alpha value is -0.690. The summed E-state index contributed by atoms with van der Waals surface area (Å²) in [5.74, 6) is -1.04. The van der Waals surface area contributed by atoms with Gasteiger partial charge < -0.3 is 24.1 Å². The summed E-state index contributed by atoms with van der Waals surface area (Å²) in [5.41, 5.74) is 0. The molecule has 0 aromatic carbocycles. The van der Waals surface area contributed by atoms with E-state index in [-0.39, 0.29) is 18.5 Å². The van der Waals surface area contributed by atoms with Gasteiger partial charge in [-0.15, -0.1) is 0 Å². The number of aliphatic hydroxyl groups excluding tert-OH is 1. The molecule has 0 aromatic rings. The largest absolute Gasteiger partial charge is 0.469 e. The van der Waals surface area contributed by atoms with Crippen LogP contribution in [0.15, 0.2) is 0 Å². The van der Waals surface area contributed by atoms with E-state index >= 15 is 0 Å². The van der Waals surface area contributed by atoms with E-state index in [1.165, 1.54) is 39.2 Å². The summed E-state index contributed by atoms with van der Waals surface area (Å²) in [7, 11) is 1.37. The molecule has 1 aliphatic heterocycles. The van der Waals surface area contributed by atoms with Crippen molar-refractivity contribution in [3.63, 3.8) is 0 Å². The zero-order chi connectivity index (χ0) is 18.5. The van der Waals surface area contributed by atoms with Crippen LogP contribution < -0.4 is 0 Å². The summed E-state index contributed by atoms with van der Waals surface area (Å²) >= 11 is 0. The minimum atomic E-state index is -0.765. The second-order valence-corrected chi connectivity index (χ2v) is 7.01. The van der Waals surface area contributed by atoms with Gasteiger partial charge in [0.05, 0.1) is 39.5 Å². The molecule has 1 saturated heterocycles. The average molecular weight is 360 g/mol. The molecule has 3 unspecified atom stereocenters. The molecular weight excluding hydrogens is 324 g/mol. The summed E-state index contributed by atoms with van der Waals surface area (Å²) in [6.07, 6.45) is 8.23. The van der Waals surface area contributed by atoms with Crippen LogP contribution in [0.2, 0.25) is 0 Å². The number of esters is 1. The van der Waals surface area contributed by atoms with Crippen LogP contribution in [0.1, 0.15) is 71.6 Å². The molecule has 1 heterocycles. The van der Waals surface area contributed by atoms with Crippen LogP contribution in [0.5, 0.6) is 0 Å². The number of carbonyl (C=O) groups excluding carboxylic acids is 1. The van der Waals surface area contributed by atoms with Crippen LogP contribution in [-0.2, 0) is 23.7 Å². The lowest BCUT2D eigenvalue weighted by Gasteiger charge is -2.22. The normalized spacial score (nSPS) is 24.4. The van der Waals surface area contributed by atoms with E-state index in [9.17, 15) is 9.90 Å². The van der Waals surface area contributed by atoms with Gasteiger partial charge in [-0.2, -0.15) is 0 Å². The molecule has 0 amide bonds. The first-order valence-corrected chi connectivity index (χ1v) is 9.63. The lowest BCUT2D eigenvalue weighted by Crippen LogP contribution is -2.29. The van der Waals surface area contributed by atoms with Crippen molar-refractivity contribution in [3.05, 3.63) is 0 Å². The van der Waals surface area contributed by atoms with Crippen molar-refractivity contribution in [2.75, 3.05) is 26.9 Å². The highest BCUT2D eigenvalue weighted by Gasteiger charge is 2.37. The number of ether oxygens (including phenoxy) is 4. The van der Waals surface area contributed by atoms with Crippen molar-refractivity contribution < 1.29 is 28.8 Å². The third kappa shape index (κ3) is 10.1. The minimum absolute atomic E-state index is 0.163. The summed E-state index contributed by atoms with van der Waals surface area (Å²) in [6.45, 7) is 5.19. The Bertz CT molecular complexity index is 362. The van der Waals surface area contributed by atoms with E-state index in [4.69, 9.17) is 14.2 Å². The molecule has 1 N–H and O–H groups in total. The van der Waals surface area contributed by atoms with Gasteiger partial charge in [-0.1, -0.05) is 45.4 Å². The lowest BCUT2D eigenvalue weighted by molar-refractivity contribution is -0.171. The first-order chi connectivity index (χ1) is 12.0. The van der Waals surface area contributed by atoms with Crippen molar-refractivity contribution in [2.45, 2.75) is 89.6 Å². The van der Waals surface area contributed by atoms with E-state index in [0.29, 0.717) is 26.2 Å². The zero-order valence-electron chi connectivity index (χ0n) is 16.1. The minimum Gasteiger partial charge on any atom is -0.469 e. The maximum atomic E-state index is 11.2. The maximum Gasteiger partial charge on any atom is 0.305 e. The maximum absolute atomic E-state index is 11.2. The number of unbranched alkanes of at least 4 members (excludes halogenated alkanes) is 5. The fourth-order valence-electron chi connectivity index (χ4n) is 2.91. The van der Waals surface area contributed by atoms with Crippen LogP contribution in [0.4, 0.5) is 0 Å². The van der Waals surface area contributed by atoms with Crippen LogP contribution in [0.3, 0.4) is 0 Å². The van der Waals surface area contributed by atoms with Gasteiger partial charge in [-0.3, -0.25) is 4.79 Å². The average Bonchev–Trinajstić information content (AvgIpc) is 2.97. The topological polar surface area (TPSA) is 74.2 Å². The Labute approximate surface area is 152 Å². The molecule has 0 saturated carbocycles. The first-order valence-electron chi connectivity index (χ1n) is 9.63. The monoisotopic (exact) mass is 360 g/mol. The van der Waals surface area contributed by atoms with Gasteiger partial charge in [0.15, 0.2) is 5.79 Å². The fourth-order valence-corrected chi connectivity index (χ4v) is 2.91. The third-order valence-electron chi connectivity index (χ3n) is 4.51. The smallest absolute Gasteiger partial charge is 0.305 e. The predicted molar refractivity (Wildman–Crippen MR) is 95.3 cm³/mol. The van der Waals surface area contributed by atoms with Gasteiger partial charge in [0, 0.05) is 6.42 Å². The third-order valence-corrected chi connectivity index (χ3v) is 4.51. The molecule has 1 aliphatic rings. The number of rotatable bonds is 14. The molecule has 0 aliphatic carbocycles. The number of carbonyl (C=O) groups is 1. The quantitative estimate of drug-likeness (QED) is 0.379. The van der Waals surface area contributed by atoms with Gasteiger partial charge in [0.25, 0.3) is 0 Å². The van der Waals surface area contributed by atoms with Crippen molar-refractivity contribution in [1.82, 2.24) is 0 Å². The van der Waals surface area contributed by atoms with E-state index in [1.54, 1.807) is 0 Å². The number of hydrogen-bond acceptors (Lipinski definition) is 6. The van der Waals surface area contributed by atoms with Crippen LogP contribution in [0, 0.1) is 0 Å². The Balaban J connectivity index is 2.05. The first kappa shape index (κ1) is 22.4. The van der Waals surface area contributed by atoms with Crippen LogP contribution in [-0.4, -0.2) is 56.0 Å². The van der Waals surface area contributed by atoms with Gasteiger partial charge in [-0.05, 0) is 13.3 Å². The van der Waals surface area contributed by atoms with Gasteiger partial charge >= 0.3 is 5.97 Å². The molecule has 25 heavy (non-hydrogen) atoms. The summed E-state index contributed by atoms with van der Waals surface area (Å²) in [5, 5.41) is 9.95. The van der Waals surface area contributed by atoms with Crippen molar-refractivity contribution >= 4 is 5.97 Å². The highest BCUT2D eigenvalue weighted by atomic mass is 16.7. The van der Waals surface area contributed by atoms with E-state index in [0.717, 1.165) is 12.8 Å². The standard InChI is InChI=1S/C19H36O6/c1-4-5-6-7-8-9-10-16(20)13-23-14-17-15-24-19(2,25-17)12-11-18(21)22-3/h16-17,20H,4-15H2,1-3H3. The molecule has 3 atom stereocenters. The van der Waals surface area contributed by atoms with E-state index < -0.39 is 11.9 Å². The Kier molecular flexibility index (Phi) is 11.3. The Morgan fingerprint density at radius 3 is 2.72 bits per heavy atom. The molecule has 1 rings (SSSR count). The molecule has 0 radical (unpaired) electrons. The number of methoxy groups -OCH3 is 1. The Morgan fingerprint density at radius 1 is 1.28 bits per heavy atom. The van der Waals surface area contributed by atoms with Gasteiger partial charge in [0.2, 0.25) is 0 Å². The van der Waals surface area contributed by atoms with E-state index in [2.05, 4.69) is 11.7 Å². The highest BCUT2D eigenvalue weighted by Crippen LogP contribution is 2.28. The molecular formula is C19H36O6. The molecule has 0 aromatic heterocycles. The molecule has 6 heteroatoms. The van der Waals surface area contributed by atoms with Gasteiger partial charge in [-0.25, -0.2) is 0 Å². The molecule has 0 spiro atoms. The molecule has 0 bridgehead atoms. The van der Waals surface area contributed by atoms with Crippen molar-refractivity contribution in [2.24, 2.45) is 0 Å². The van der Waals surface area contributed by atoms with Crippen LogP contribution in [0.25, 0.3) is 0 Å². The van der Waals surface area contributed by atoms with Crippen LogP contribution >= 0.6 is 0 Å². The molecule has 6 nitrogen and oxygen atoms in total.